The molecule has 0 aliphatic heterocycles. The average Bonchev–Trinajstić information content (AvgIpc) is 2.41. The highest BCUT2D eigenvalue weighted by Gasteiger charge is 2.21. The third kappa shape index (κ3) is 4.22. The molecule has 0 spiro atoms. The zero-order valence-corrected chi connectivity index (χ0v) is 12.4. The standard InChI is InChI=1S/C13H20F2N2O2S/c1-3-20(18,19)8-4-5-11(17-16)12-10(14)7-6-9(2)13(12)15/h6-7,11,17H,3-5,8,16H2,1-2H3. The van der Waals surface area contributed by atoms with Crippen LogP contribution in [0.15, 0.2) is 12.1 Å². The Bertz CT molecular complexity index is 562. The summed E-state index contributed by atoms with van der Waals surface area (Å²) >= 11 is 0. The van der Waals surface area contributed by atoms with Gasteiger partial charge >= 0.3 is 0 Å². The van der Waals surface area contributed by atoms with Gasteiger partial charge in [0.1, 0.15) is 21.5 Å². The highest BCUT2D eigenvalue weighted by molar-refractivity contribution is 7.91. The number of nitrogens with one attached hydrogen (secondary N) is 1. The van der Waals surface area contributed by atoms with E-state index in [4.69, 9.17) is 5.84 Å². The summed E-state index contributed by atoms with van der Waals surface area (Å²) in [4.78, 5) is 0. The lowest BCUT2D eigenvalue weighted by Gasteiger charge is -2.18. The summed E-state index contributed by atoms with van der Waals surface area (Å²) in [6, 6.07) is 1.78. The normalized spacial score (nSPS) is 13.4. The Hall–Kier alpha value is -1.05. The summed E-state index contributed by atoms with van der Waals surface area (Å²) in [6.45, 7) is 3.10. The first kappa shape index (κ1) is 17.0. The maximum atomic E-state index is 14.0. The lowest BCUT2D eigenvalue weighted by atomic mass is 9.99. The van der Waals surface area contributed by atoms with Gasteiger partial charge in [-0.25, -0.2) is 17.2 Å². The third-order valence-corrected chi connectivity index (χ3v) is 5.05. The maximum absolute atomic E-state index is 14.0. The summed E-state index contributed by atoms with van der Waals surface area (Å²) < 4.78 is 50.5. The summed E-state index contributed by atoms with van der Waals surface area (Å²) in [7, 11) is -3.09. The predicted molar refractivity (Wildman–Crippen MR) is 74.7 cm³/mol. The molecule has 1 atom stereocenters. The lowest BCUT2D eigenvalue weighted by Crippen LogP contribution is -2.30. The molecule has 0 saturated carbocycles. The Balaban J connectivity index is 2.85. The van der Waals surface area contributed by atoms with E-state index in [-0.39, 0.29) is 29.9 Å². The van der Waals surface area contributed by atoms with E-state index in [1.54, 1.807) is 6.92 Å². The highest BCUT2D eigenvalue weighted by Crippen LogP contribution is 2.26. The fraction of sp³-hybridized carbons (Fsp3) is 0.538. The van der Waals surface area contributed by atoms with E-state index >= 15 is 0 Å². The number of halogens is 2. The number of hydrogen-bond acceptors (Lipinski definition) is 4. The average molecular weight is 306 g/mol. The molecular weight excluding hydrogens is 286 g/mol. The van der Waals surface area contributed by atoms with Crippen molar-refractivity contribution in [3.05, 3.63) is 34.9 Å². The molecule has 3 N–H and O–H groups in total. The van der Waals surface area contributed by atoms with Crippen LogP contribution >= 0.6 is 0 Å². The van der Waals surface area contributed by atoms with Gasteiger partial charge in [0.15, 0.2) is 0 Å². The van der Waals surface area contributed by atoms with Crippen LogP contribution in [0.4, 0.5) is 8.78 Å². The predicted octanol–water partition coefficient (Wildman–Crippen LogP) is 1.99. The van der Waals surface area contributed by atoms with Gasteiger partial charge in [-0.3, -0.25) is 11.3 Å². The van der Waals surface area contributed by atoms with Crippen molar-refractivity contribution in [1.82, 2.24) is 5.43 Å². The molecule has 7 heteroatoms. The van der Waals surface area contributed by atoms with E-state index in [2.05, 4.69) is 5.43 Å². The van der Waals surface area contributed by atoms with Gasteiger partial charge in [-0.15, -0.1) is 0 Å². The number of hydrazine groups is 1. The Morgan fingerprint density at radius 1 is 1.35 bits per heavy atom. The topological polar surface area (TPSA) is 72.2 Å². The first-order valence-corrected chi connectivity index (χ1v) is 8.25. The minimum atomic E-state index is -3.09. The minimum absolute atomic E-state index is 0.0171. The van der Waals surface area contributed by atoms with Crippen LogP contribution in [0.3, 0.4) is 0 Å². The van der Waals surface area contributed by atoms with Crippen molar-refractivity contribution in [3.8, 4) is 0 Å². The molecule has 4 nitrogen and oxygen atoms in total. The molecule has 0 saturated heterocycles. The van der Waals surface area contributed by atoms with Crippen LogP contribution < -0.4 is 11.3 Å². The highest BCUT2D eigenvalue weighted by atomic mass is 32.2. The molecule has 1 rings (SSSR count). The third-order valence-electron chi connectivity index (χ3n) is 3.26. The lowest BCUT2D eigenvalue weighted by molar-refractivity contribution is 0.448. The van der Waals surface area contributed by atoms with Gasteiger partial charge in [0.05, 0.1) is 11.8 Å². The van der Waals surface area contributed by atoms with E-state index in [9.17, 15) is 17.2 Å². The Morgan fingerprint density at radius 3 is 2.55 bits per heavy atom. The zero-order valence-electron chi connectivity index (χ0n) is 11.6. The van der Waals surface area contributed by atoms with Crippen molar-refractivity contribution < 1.29 is 17.2 Å². The Morgan fingerprint density at radius 2 is 2.00 bits per heavy atom. The van der Waals surface area contributed by atoms with Crippen molar-refractivity contribution in [2.24, 2.45) is 5.84 Å². The van der Waals surface area contributed by atoms with Crippen LogP contribution in [0.25, 0.3) is 0 Å². The minimum Gasteiger partial charge on any atom is -0.271 e. The van der Waals surface area contributed by atoms with E-state index in [0.717, 1.165) is 0 Å². The van der Waals surface area contributed by atoms with Gasteiger partial charge < -0.3 is 0 Å². The largest absolute Gasteiger partial charge is 0.271 e. The van der Waals surface area contributed by atoms with Crippen LogP contribution in [-0.2, 0) is 9.84 Å². The molecule has 0 heterocycles. The van der Waals surface area contributed by atoms with Gasteiger partial charge in [0.25, 0.3) is 0 Å². The van der Waals surface area contributed by atoms with E-state index in [1.165, 1.54) is 19.1 Å². The van der Waals surface area contributed by atoms with Crippen LogP contribution in [0.1, 0.15) is 36.9 Å². The molecule has 1 unspecified atom stereocenters. The molecule has 0 bridgehead atoms. The number of benzene rings is 1. The van der Waals surface area contributed by atoms with E-state index in [1.807, 2.05) is 0 Å². The van der Waals surface area contributed by atoms with Gasteiger partial charge in [0.2, 0.25) is 0 Å². The first-order chi connectivity index (χ1) is 9.32. The van der Waals surface area contributed by atoms with Crippen molar-refractivity contribution in [2.75, 3.05) is 11.5 Å². The molecule has 114 valence electrons. The van der Waals surface area contributed by atoms with Crippen molar-refractivity contribution in [3.63, 3.8) is 0 Å². The van der Waals surface area contributed by atoms with Crippen LogP contribution in [-0.4, -0.2) is 19.9 Å². The molecule has 0 fully saturated rings. The summed E-state index contributed by atoms with van der Waals surface area (Å²) in [5.74, 6) is 4.05. The molecule has 0 aliphatic rings. The first-order valence-electron chi connectivity index (χ1n) is 6.43. The number of aryl methyl sites for hydroxylation is 1. The molecule has 0 aliphatic carbocycles. The zero-order chi connectivity index (χ0) is 15.3. The molecule has 0 aromatic heterocycles. The fourth-order valence-corrected chi connectivity index (χ4v) is 2.86. The van der Waals surface area contributed by atoms with E-state index in [0.29, 0.717) is 5.56 Å². The Labute approximate surface area is 118 Å². The molecule has 1 aromatic carbocycles. The maximum Gasteiger partial charge on any atom is 0.150 e. The number of nitrogens with two attached hydrogens (primary N) is 1. The van der Waals surface area contributed by atoms with Crippen LogP contribution in [0.5, 0.6) is 0 Å². The second-order valence-electron chi connectivity index (χ2n) is 4.69. The number of sulfone groups is 1. The van der Waals surface area contributed by atoms with Crippen molar-refractivity contribution in [1.29, 1.82) is 0 Å². The quantitative estimate of drug-likeness (QED) is 0.597. The number of rotatable bonds is 7. The molecule has 0 radical (unpaired) electrons. The molecule has 0 amide bonds. The summed E-state index contributed by atoms with van der Waals surface area (Å²) in [5.41, 5.74) is 2.54. The van der Waals surface area contributed by atoms with E-state index < -0.39 is 27.5 Å². The summed E-state index contributed by atoms with van der Waals surface area (Å²) in [6.07, 6.45) is 0.533. The smallest absolute Gasteiger partial charge is 0.150 e. The van der Waals surface area contributed by atoms with Gasteiger partial charge in [0, 0.05) is 11.3 Å². The second-order valence-corrected chi connectivity index (χ2v) is 7.16. The van der Waals surface area contributed by atoms with Gasteiger partial charge in [-0.05, 0) is 31.4 Å². The SMILES string of the molecule is CCS(=O)(=O)CCCC(NN)c1c(F)ccc(C)c1F. The monoisotopic (exact) mass is 306 g/mol. The van der Waals surface area contributed by atoms with Gasteiger partial charge in [-0.2, -0.15) is 0 Å². The van der Waals surface area contributed by atoms with Gasteiger partial charge in [-0.1, -0.05) is 13.0 Å². The summed E-state index contributed by atoms with van der Waals surface area (Å²) in [5, 5.41) is 0. The van der Waals surface area contributed by atoms with Crippen LogP contribution in [0.2, 0.25) is 0 Å². The molecule has 20 heavy (non-hydrogen) atoms. The molecule has 1 aromatic rings. The van der Waals surface area contributed by atoms with Crippen molar-refractivity contribution >= 4 is 9.84 Å². The molecular formula is C13H20F2N2O2S. The number of hydrogen-bond donors (Lipinski definition) is 2. The van der Waals surface area contributed by atoms with Crippen LogP contribution in [0, 0.1) is 18.6 Å². The second kappa shape index (κ2) is 7.10. The fourth-order valence-electron chi connectivity index (χ4n) is 1.96. The Kier molecular flexibility index (Phi) is 6.04. The van der Waals surface area contributed by atoms with Crippen molar-refractivity contribution in [2.45, 2.75) is 32.7 Å².